The standard InChI is InChI=1S/2C5H9NO3S.Zn/c2*1-3(7)6-4(2-10)5(8)9;/h2*4,10H,2H2,1H3,(H,6,7)(H,8,9);/t2*4-;/m00./s1. The number of carboxylic acids is 2. The molecule has 0 aliphatic heterocycles. The number of rotatable bonds is 6. The van der Waals surface area contributed by atoms with E-state index in [1.165, 1.54) is 13.8 Å². The van der Waals surface area contributed by atoms with Crippen molar-refractivity contribution in [3.8, 4) is 0 Å². The van der Waals surface area contributed by atoms with Gasteiger partial charge >= 0.3 is 11.9 Å². The van der Waals surface area contributed by atoms with Gasteiger partial charge in [0.15, 0.2) is 0 Å². The first kappa shape index (κ1) is 25.2. The number of thiol groups is 2. The molecule has 2 amide bonds. The van der Waals surface area contributed by atoms with E-state index >= 15 is 0 Å². The number of aliphatic carboxylic acids is 2. The molecule has 0 saturated carbocycles. The zero-order chi connectivity index (χ0) is 16.3. The molecule has 11 heteroatoms. The quantitative estimate of drug-likeness (QED) is 0.254. The first-order valence-corrected chi connectivity index (χ1v) is 6.63. The zero-order valence-electron chi connectivity index (χ0n) is 11.7. The minimum Gasteiger partial charge on any atom is -0.480 e. The van der Waals surface area contributed by atoms with Crippen LogP contribution in [0.1, 0.15) is 13.8 Å². The van der Waals surface area contributed by atoms with Crippen molar-refractivity contribution < 1.29 is 48.9 Å². The van der Waals surface area contributed by atoms with Crippen molar-refractivity contribution in [2.24, 2.45) is 0 Å². The number of nitrogens with one attached hydrogen (secondary N) is 2. The van der Waals surface area contributed by atoms with Crippen LogP contribution in [0.4, 0.5) is 0 Å². The van der Waals surface area contributed by atoms with Gasteiger partial charge in [0.25, 0.3) is 0 Å². The van der Waals surface area contributed by atoms with E-state index < -0.39 is 24.0 Å². The number of carbonyl (C=O) groups is 4. The molecule has 0 heterocycles. The molecule has 0 aromatic rings. The third kappa shape index (κ3) is 15.4. The van der Waals surface area contributed by atoms with Gasteiger partial charge in [0.1, 0.15) is 12.1 Å². The summed E-state index contributed by atoms with van der Waals surface area (Å²) in [6.45, 7) is 2.53. The maximum Gasteiger partial charge on any atom is 0.327 e. The van der Waals surface area contributed by atoms with Crippen LogP contribution in [0.2, 0.25) is 0 Å². The first-order valence-electron chi connectivity index (χ1n) is 5.37. The van der Waals surface area contributed by atoms with Crippen LogP contribution in [0.25, 0.3) is 0 Å². The van der Waals surface area contributed by atoms with Crippen LogP contribution in [0.5, 0.6) is 0 Å². The Morgan fingerprint density at radius 1 is 0.857 bits per heavy atom. The molecule has 0 unspecified atom stereocenters. The van der Waals surface area contributed by atoms with E-state index in [4.69, 9.17) is 10.2 Å². The molecule has 0 saturated heterocycles. The maximum atomic E-state index is 10.3. The van der Waals surface area contributed by atoms with E-state index in [-0.39, 0.29) is 42.8 Å². The fourth-order valence-electron chi connectivity index (χ4n) is 0.862. The van der Waals surface area contributed by atoms with Gasteiger partial charge in [-0.25, -0.2) is 9.59 Å². The van der Waals surface area contributed by atoms with E-state index in [1.54, 1.807) is 0 Å². The summed E-state index contributed by atoms with van der Waals surface area (Å²) in [5.41, 5.74) is 0. The van der Waals surface area contributed by atoms with Gasteiger partial charge < -0.3 is 20.8 Å². The summed E-state index contributed by atoms with van der Waals surface area (Å²) in [6, 6.07) is -1.75. The third-order valence-corrected chi connectivity index (χ3v) is 2.45. The van der Waals surface area contributed by atoms with Gasteiger partial charge in [-0.15, -0.1) is 0 Å². The Hall–Kier alpha value is -0.797. The summed E-state index contributed by atoms with van der Waals surface area (Å²) in [5, 5.41) is 21.1. The molecular formula is C10H18N2O6S2Zn. The Balaban J connectivity index is -0.000000295. The van der Waals surface area contributed by atoms with Crippen molar-refractivity contribution in [3.63, 3.8) is 0 Å². The fourth-order valence-corrected chi connectivity index (χ4v) is 1.36. The van der Waals surface area contributed by atoms with E-state index in [0.717, 1.165) is 0 Å². The van der Waals surface area contributed by atoms with Crippen molar-refractivity contribution in [1.29, 1.82) is 0 Å². The fraction of sp³-hybridized carbons (Fsp3) is 0.600. The first-order chi connectivity index (χ1) is 9.15. The normalized spacial score (nSPS) is 11.6. The van der Waals surface area contributed by atoms with Crippen molar-refractivity contribution in [3.05, 3.63) is 0 Å². The van der Waals surface area contributed by atoms with Gasteiger partial charge in [-0.3, -0.25) is 9.59 Å². The molecule has 0 aromatic heterocycles. The largest absolute Gasteiger partial charge is 0.480 e. The Morgan fingerprint density at radius 3 is 1.14 bits per heavy atom. The predicted molar refractivity (Wildman–Crippen MR) is 78.2 cm³/mol. The molecular weight excluding hydrogens is 374 g/mol. The van der Waals surface area contributed by atoms with E-state index in [2.05, 4.69) is 35.9 Å². The van der Waals surface area contributed by atoms with Crippen molar-refractivity contribution >= 4 is 49.0 Å². The molecule has 0 radical (unpaired) electrons. The van der Waals surface area contributed by atoms with E-state index in [1.807, 2.05) is 0 Å². The van der Waals surface area contributed by atoms with Gasteiger partial charge in [-0.05, 0) is 0 Å². The number of hydrogen-bond acceptors (Lipinski definition) is 6. The van der Waals surface area contributed by atoms with Gasteiger partial charge in [-0.2, -0.15) is 25.3 Å². The second-order valence-corrected chi connectivity index (χ2v) is 4.28. The third-order valence-electron chi connectivity index (χ3n) is 1.72. The average molecular weight is 392 g/mol. The molecule has 0 spiro atoms. The van der Waals surface area contributed by atoms with Crippen LogP contribution in [-0.4, -0.2) is 57.6 Å². The van der Waals surface area contributed by atoms with Crippen LogP contribution < -0.4 is 10.6 Å². The minimum absolute atomic E-state index is 0. The van der Waals surface area contributed by atoms with Crippen molar-refractivity contribution in [2.45, 2.75) is 25.9 Å². The van der Waals surface area contributed by atoms with Gasteiger partial charge in [0, 0.05) is 44.8 Å². The summed E-state index contributed by atoms with van der Waals surface area (Å²) in [7, 11) is 0. The second kappa shape index (κ2) is 14.2. The Kier molecular flexibility index (Phi) is 17.0. The smallest absolute Gasteiger partial charge is 0.327 e. The van der Waals surface area contributed by atoms with Crippen LogP contribution in [0.15, 0.2) is 0 Å². The molecule has 4 N–H and O–H groups in total. The molecule has 0 aliphatic rings. The van der Waals surface area contributed by atoms with E-state index in [9.17, 15) is 19.2 Å². The summed E-state index contributed by atoms with van der Waals surface area (Å²) in [6.07, 6.45) is 0. The van der Waals surface area contributed by atoms with Crippen molar-refractivity contribution in [1.82, 2.24) is 10.6 Å². The van der Waals surface area contributed by atoms with Crippen LogP contribution >= 0.6 is 25.3 Å². The summed E-state index contributed by atoms with van der Waals surface area (Å²) >= 11 is 7.47. The number of carbonyl (C=O) groups excluding carboxylic acids is 2. The molecule has 0 aromatic carbocycles. The topological polar surface area (TPSA) is 133 Å². The molecule has 21 heavy (non-hydrogen) atoms. The summed E-state index contributed by atoms with van der Waals surface area (Å²) in [4.78, 5) is 41.0. The van der Waals surface area contributed by atoms with Crippen LogP contribution in [0, 0.1) is 0 Å². The molecule has 8 nitrogen and oxygen atoms in total. The predicted octanol–water partition coefficient (Wildman–Crippen LogP) is -0.991. The van der Waals surface area contributed by atoms with Gasteiger partial charge in [0.05, 0.1) is 0 Å². The van der Waals surface area contributed by atoms with E-state index in [0.29, 0.717) is 0 Å². The Bertz CT molecular complexity index is 335. The zero-order valence-corrected chi connectivity index (χ0v) is 16.5. The maximum absolute atomic E-state index is 10.3. The Labute approximate surface area is 146 Å². The summed E-state index contributed by atoms with van der Waals surface area (Å²) < 4.78 is 0. The molecule has 0 aliphatic carbocycles. The van der Waals surface area contributed by atoms with Crippen molar-refractivity contribution in [2.75, 3.05) is 11.5 Å². The van der Waals surface area contributed by atoms with Crippen LogP contribution in [-0.2, 0) is 38.7 Å². The molecule has 0 bridgehead atoms. The summed E-state index contributed by atoms with van der Waals surface area (Å²) in [5.74, 6) is -2.64. The molecule has 0 fully saturated rings. The number of carboxylic acid groups (broad SMARTS) is 2. The molecule has 0 rings (SSSR count). The van der Waals surface area contributed by atoms with Gasteiger partial charge in [0.2, 0.25) is 11.8 Å². The van der Waals surface area contributed by atoms with Crippen LogP contribution in [0.3, 0.4) is 0 Å². The monoisotopic (exact) mass is 390 g/mol. The minimum atomic E-state index is -1.06. The molecule has 118 valence electrons. The Morgan fingerprint density at radius 2 is 1.10 bits per heavy atom. The van der Waals surface area contributed by atoms with Gasteiger partial charge in [-0.1, -0.05) is 0 Å². The number of hydrogen-bond donors (Lipinski definition) is 6. The average Bonchev–Trinajstić information content (AvgIpc) is 2.32. The molecule has 2 atom stereocenters. The second-order valence-electron chi connectivity index (χ2n) is 3.55. The number of amides is 2. The SMILES string of the molecule is CC(=O)N[C@@H](CS)C(=O)O.CC(=O)N[C@@H](CS)C(=O)O.[Zn].